The van der Waals surface area contributed by atoms with Crippen molar-refractivity contribution in [2.24, 2.45) is 0 Å². The maximum atomic E-state index is 12.1. The average Bonchev–Trinajstić information content (AvgIpc) is 2.99. The first-order chi connectivity index (χ1) is 12.5. The lowest BCUT2D eigenvalue weighted by Crippen LogP contribution is -2.47. The van der Waals surface area contributed by atoms with E-state index < -0.39 is 6.10 Å². The van der Waals surface area contributed by atoms with Crippen molar-refractivity contribution in [3.05, 3.63) is 23.8 Å². The van der Waals surface area contributed by atoms with Crippen LogP contribution in [0.1, 0.15) is 24.3 Å². The van der Waals surface area contributed by atoms with Crippen LogP contribution in [-0.2, 0) is 14.3 Å². The highest BCUT2D eigenvalue weighted by Crippen LogP contribution is 2.47. The van der Waals surface area contributed by atoms with E-state index in [1.165, 1.54) is 0 Å². The number of carbonyl (C=O) groups is 1. The van der Waals surface area contributed by atoms with E-state index in [1.807, 2.05) is 26.2 Å². The van der Waals surface area contributed by atoms with Crippen LogP contribution in [0.2, 0.25) is 0 Å². The third kappa shape index (κ3) is 3.95. The van der Waals surface area contributed by atoms with E-state index in [1.54, 1.807) is 7.11 Å². The van der Waals surface area contributed by atoms with E-state index >= 15 is 0 Å². The predicted molar refractivity (Wildman–Crippen MR) is 97.8 cm³/mol. The fraction of sp³-hybridized carbons (Fsp3) is 0.632. The van der Waals surface area contributed by atoms with Gasteiger partial charge in [-0.15, -0.1) is 0 Å². The molecule has 4 atom stereocenters. The number of fused-ring (bicyclic) bond motifs is 3. The van der Waals surface area contributed by atoms with Crippen molar-refractivity contribution < 1.29 is 24.1 Å². The van der Waals surface area contributed by atoms with Gasteiger partial charge < -0.3 is 29.5 Å². The summed E-state index contributed by atoms with van der Waals surface area (Å²) in [5.74, 6) is 0.897. The minimum absolute atomic E-state index is 0.0663. The van der Waals surface area contributed by atoms with Crippen LogP contribution in [0.5, 0.6) is 5.75 Å². The molecule has 3 rings (SSSR count). The smallest absolute Gasteiger partial charge is 0.222 e. The van der Waals surface area contributed by atoms with E-state index in [4.69, 9.17) is 14.2 Å². The Hall–Kier alpha value is -1.83. The third-order valence-electron chi connectivity index (χ3n) is 5.04. The molecule has 2 aliphatic rings. The molecule has 1 fully saturated rings. The highest BCUT2D eigenvalue weighted by Gasteiger charge is 2.46. The molecule has 144 valence electrons. The molecule has 0 saturated carbocycles. The lowest BCUT2D eigenvalue weighted by atomic mass is 9.84. The second-order valence-corrected chi connectivity index (χ2v) is 7.07. The normalized spacial score (nSPS) is 26.6. The zero-order chi connectivity index (χ0) is 18.7. The monoisotopic (exact) mass is 364 g/mol. The maximum Gasteiger partial charge on any atom is 0.222 e. The van der Waals surface area contributed by atoms with Crippen LogP contribution in [0.25, 0.3) is 0 Å². The van der Waals surface area contributed by atoms with E-state index in [0.29, 0.717) is 19.6 Å². The van der Waals surface area contributed by atoms with Crippen molar-refractivity contribution in [1.82, 2.24) is 5.32 Å². The summed E-state index contributed by atoms with van der Waals surface area (Å²) in [5.41, 5.74) is 2.24. The average molecular weight is 364 g/mol. The van der Waals surface area contributed by atoms with Gasteiger partial charge in [-0.1, -0.05) is 0 Å². The van der Waals surface area contributed by atoms with Crippen molar-refractivity contribution in [2.45, 2.75) is 37.1 Å². The van der Waals surface area contributed by atoms with Gasteiger partial charge in [0, 0.05) is 44.9 Å². The molecule has 1 aromatic carbocycles. The van der Waals surface area contributed by atoms with Crippen molar-refractivity contribution in [2.75, 3.05) is 45.9 Å². The zero-order valence-corrected chi connectivity index (χ0v) is 15.6. The number of aliphatic hydroxyl groups is 1. The van der Waals surface area contributed by atoms with Crippen molar-refractivity contribution in [1.29, 1.82) is 0 Å². The number of benzene rings is 1. The van der Waals surface area contributed by atoms with Gasteiger partial charge in [-0.25, -0.2) is 0 Å². The van der Waals surface area contributed by atoms with Crippen LogP contribution in [-0.4, -0.2) is 70.3 Å². The van der Waals surface area contributed by atoms with Gasteiger partial charge in [0.2, 0.25) is 5.91 Å². The number of hydrogen-bond acceptors (Lipinski definition) is 6. The molecule has 1 amide bonds. The molecule has 0 radical (unpaired) electrons. The lowest BCUT2D eigenvalue weighted by Gasteiger charge is -2.37. The number of nitrogens with zero attached hydrogens (tertiary/aromatic N) is 1. The molecule has 0 aliphatic carbocycles. The molecule has 0 aromatic heterocycles. The van der Waals surface area contributed by atoms with Crippen molar-refractivity contribution in [3.63, 3.8) is 0 Å². The summed E-state index contributed by atoms with van der Waals surface area (Å²) in [6, 6.07) is 6.13. The summed E-state index contributed by atoms with van der Waals surface area (Å²) in [5, 5.41) is 12.6. The Morgan fingerprint density at radius 2 is 2.23 bits per heavy atom. The van der Waals surface area contributed by atoms with Crippen molar-refractivity contribution >= 4 is 11.6 Å². The first-order valence-corrected chi connectivity index (χ1v) is 9.03. The van der Waals surface area contributed by atoms with Crippen LogP contribution >= 0.6 is 0 Å². The largest absolute Gasteiger partial charge is 0.487 e. The summed E-state index contributed by atoms with van der Waals surface area (Å²) in [7, 11) is 5.60. The number of methoxy groups -OCH3 is 1. The summed E-state index contributed by atoms with van der Waals surface area (Å²) in [6.07, 6.45) is 0.0870. The Morgan fingerprint density at radius 3 is 2.92 bits per heavy atom. The third-order valence-corrected chi connectivity index (χ3v) is 5.04. The van der Waals surface area contributed by atoms with Crippen molar-refractivity contribution in [3.8, 4) is 5.75 Å². The summed E-state index contributed by atoms with van der Waals surface area (Å²) in [6.45, 7) is 0.836. The minimum Gasteiger partial charge on any atom is -0.487 e. The number of anilines is 1. The quantitative estimate of drug-likeness (QED) is 0.700. The van der Waals surface area contributed by atoms with E-state index in [0.717, 1.165) is 17.0 Å². The van der Waals surface area contributed by atoms with E-state index in [9.17, 15) is 9.90 Å². The van der Waals surface area contributed by atoms with Gasteiger partial charge in [-0.05, 0) is 24.6 Å². The molecule has 0 spiro atoms. The first kappa shape index (κ1) is 18.9. The number of rotatable bonds is 7. The Kier molecular flexibility index (Phi) is 6.01. The Morgan fingerprint density at radius 1 is 1.42 bits per heavy atom. The number of aliphatic hydroxyl groups excluding tert-OH is 1. The van der Waals surface area contributed by atoms with E-state index in [2.05, 4.69) is 16.3 Å². The zero-order valence-electron chi connectivity index (χ0n) is 15.6. The molecular weight excluding hydrogens is 336 g/mol. The molecule has 0 bridgehead atoms. The van der Waals surface area contributed by atoms with Crippen LogP contribution in [0.4, 0.5) is 5.69 Å². The number of ether oxygens (including phenoxy) is 3. The molecule has 2 heterocycles. The number of carbonyl (C=O) groups excluding carboxylic acids is 1. The van der Waals surface area contributed by atoms with Gasteiger partial charge in [-0.3, -0.25) is 4.79 Å². The van der Waals surface area contributed by atoms with Gasteiger partial charge in [-0.2, -0.15) is 0 Å². The highest BCUT2D eigenvalue weighted by molar-refractivity contribution is 5.76. The molecular formula is C19H28N2O5. The standard InChI is InChI=1S/C19H28N2O5/c1-21(2)12-4-5-16-14(8-12)15-9-13(10-18(23)20-6-7-24-3)25-17(11-22)19(15)26-16/h4-5,8,13,15,17,19,22H,6-7,9-11H2,1-3H3,(H,20,23)/t13-,15-,17-,19+/m1/s1. The van der Waals surface area contributed by atoms with Gasteiger partial charge in [0.1, 0.15) is 18.0 Å². The summed E-state index contributed by atoms with van der Waals surface area (Å²) in [4.78, 5) is 14.2. The molecule has 2 N–H and O–H groups in total. The molecule has 2 aliphatic heterocycles. The lowest BCUT2D eigenvalue weighted by molar-refractivity contribution is -0.142. The Bertz CT molecular complexity index is 636. The topological polar surface area (TPSA) is 80.3 Å². The second-order valence-electron chi connectivity index (χ2n) is 7.07. The predicted octanol–water partition coefficient (Wildman–Crippen LogP) is 0.900. The molecule has 1 saturated heterocycles. The minimum atomic E-state index is -0.430. The summed E-state index contributed by atoms with van der Waals surface area (Å²) >= 11 is 0. The molecule has 7 nitrogen and oxygen atoms in total. The number of hydrogen-bond donors (Lipinski definition) is 2. The molecule has 1 aromatic rings. The van der Waals surface area contributed by atoms with Gasteiger partial charge in [0.15, 0.2) is 0 Å². The van der Waals surface area contributed by atoms with Gasteiger partial charge >= 0.3 is 0 Å². The molecule has 26 heavy (non-hydrogen) atoms. The fourth-order valence-corrected chi connectivity index (χ4v) is 3.73. The van der Waals surface area contributed by atoms with E-state index in [-0.39, 0.29) is 37.1 Å². The Labute approximate surface area is 154 Å². The van der Waals surface area contributed by atoms with Crippen LogP contribution in [0.3, 0.4) is 0 Å². The SMILES string of the molecule is COCCNC(=O)C[C@H]1C[C@@H]2c3cc(N(C)C)ccc3O[C@@H]2[C@@H](CO)O1. The summed E-state index contributed by atoms with van der Waals surface area (Å²) < 4.78 is 17.0. The van der Waals surface area contributed by atoms with Gasteiger partial charge in [0.25, 0.3) is 0 Å². The van der Waals surface area contributed by atoms with Crippen LogP contribution in [0.15, 0.2) is 18.2 Å². The fourth-order valence-electron chi connectivity index (χ4n) is 3.73. The van der Waals surface area contributed by atoms with Crippen LogP contribution < -0.4 is 15.0 Å². The number of amides is 1. The van der Waals surface area contributed by atoms with Crippen LogP contribution in [0, 0.1) is 0 Å². The second kappa shape index (κ2) is 8.24. The molecule has 7 heteroatoms. The van der Waals surface area contributed by atoms with Gasteiger partial charge in [0.05, 0.1) is 25.7 Å². The highest BCUT2D eigenvalue weighted by atomic mass is 16.6. The first-order valence-electron chi connectivity index (χ1n) is 9.03. The number of nitrogens with one attached hydrogen (secondary N) is 1. The maximum absolute atomic E-state index is 12.1. The molecule has 0 unspecified atom stereocenters. The Balaban J connectivity index is 1.72.